The smallest absolute Gasteiger partial charge is 0.0352 e. The van der Waals surface area contributed by atoms with Crippen LogP contribution in [-0.4, -0.2) is 0 Å². The van der Waals surface area contributed by atoms with Gasteiger partial charge in [0.05, 0.1) is 0 Å². The maximum atomic E-state index is 2.41. The van der Waals surface area contributed by atoms with Crippen molar-refractivity contribution >= 4 is 0 Å². The van der Waals surface area contributed by atoms with Gasteiger partial charge in [-0.2, -0.15) is 0 Å². The van der Waals surface area contributed by atoms with Crippen LogP contribution in [0.25, 0.3) is 0 Å². The Bertz CT molecular complexity index is 196. The summed E-state index contributed by atoms with van der Waals surface area (Å²) in [5.74, 6) is 5.82. The van der Waals surface area contributed by atoms with Gasteiger partial charge in [-0.1, -0.05) is 26.2 Å². The highest BCUT2D eigenvalue weighted by atomic mass is 14.6. The summed E-state index contributed by atoms with van der Waals surface area (Å²) >= 11 is 0. The van der Waals surface area contributed by atoms with E-state index < -0.39 is 0 Å². The molecule has 0 heterocycles. The van der Waals surface area contributed by atoms with Gasteiger partial charge in [0.2, 0.25) is 0 Å². The second-order valence-corrected chi connectivity index (χ2v) is 5.68. The molecular formula is C13H22. The van der Waals surface area contributed by atoms with Gasteiger partial charge in [0.1, 0.15) is 0 Å². The van der Waals surface area contributed by atoms with E-state index in [9.17, 15) is 0 Å². The van der Waals surface area contributed by atoms with E-state index in [0.717, 1.165) is 5.92 Å². The molecule has 5 atom stereocenters. The first-order valence-corrected chi connectivity index (χ1v) is 6.40. The molecule has 0 N–H and O–H groups in total. The minimum absolute atomic E-state index is 1.13. The van der Waals surface area contributed by atoms with E-state index in [0.29, 0.717) is 0 Å². The lowest BCUT2D eigenvalue weighted by molar-refractivity contribution is 0.113. The van der Waals surface area contributed by atoms with Gasteiger partial charge in [-0.25, -0.2) is 0 Å². The van der Waals surface area contributed by atoms with Crippen molar-refractivity contribution in [1.82, 2.24) is 0 Å². The van der Waals surface area contributed by atoms with Gasteiger partial charge in [-0.3, -0.25) is 0 Å². The van der Waals surface area contributed by atoms with Gasteiger partial charge in [0.25, 0.3) is 0 Å². The molecule has 0 radical (unpaired) electrons. The number of hydrogen-bond acceptors (Lipinski definition) is 0. The average Bonchev–Trinajstić information content (AvgIpc) is 2.75. The normalized spacial score (nSPS) is 53.8. The number of rotatable bonds is 1. The van der Waals surface area contributed by atoms with E-state index in [2.05, 4.69) is 6.92 Å². The first kappa shape index (κ1) is 8.32. The summed E-state index contributed by atoms with van der Waals surface area (Å²) in [6.45, 7) is 2.41. The van der Waals surface area contributed by atoms with Crippen molar-refractivity contribution in [2.24, 2.45) is 29.6 Å². The largest absolute Gasteiger partial charge is 0.0651 e. The Morgan fingerprint density at radius 2 is 1.69 bits per heavy atom. The molecule has 3 aliphatic carbocycles. The molecule has 0 nitrogen and oxygen atoms in total. The molecule has 3 saturated carbocycles. The summed E-state index contributed by atoms with van der Waals surface area (Å²) in [4.78, 5) is 0. The lowest BCUT2D eigenvalue weighted by atomic mass is 9.67. The Morgan fingerprint density at radius 1 is 0.923 bits per heavy atom. The number of fused-ring (bicyclic) bond motifs is 5. The summed E-state index contributed by atoms with van der Waals surface area (Å²) < 4.78 is 0. The molecule has 0 aromatic heterocycles. The van der Waals surface area contributed by atoms with Crippen molar-refractivity contribution in [3.63, 3.8) is 0 Å². The van der Waals surface area contributed by atoms with Crippen molar-refractivity contribution < 1.29 is 0 Å². The van der Waals surface area contributed by atoms with Gasteiger partial charge in [0.15, 0.2) is 0 Å². The quantitative estimate of drug-likeness (QED) is 0.572. The lowest BCUT2D eigenvalue weighted by Gasteiger charge is -2.38. The van der Waals surface area contributed by atoms with E-state index in [1.165, 1.54) is 30.1 Å². The van der Waals surface area contributed by atoms with Crippen LogP contribution in [0.2, 0.25) is 0 Å². The van der Waals surface area contributed by atoms with Crippen molar-refractivity contribution in [2.75, 3.05) is 0 Å². The minimum atomic E-state index is 1.13. The lowest BCUT2D eigenvalue weighted by Crippen LogP contribution is -2.30. The van der Waals surface area contributed by atoms with Crippen LogP contribution in [0, 0.1) is 29.6 Å². The van der Waals surface area contributed by atoms with Crippen molar-refractivity contribution in [3.8, 4) is 0 Å². The molecule has 0 heteroatoms. The van der Waals surface area contributed by atoms with E-state index in [1.807, 2.05) is 0 Å². The fourth-order valence-electron chi connectivity index (χ4n) is 4.85. The topological polar surface area (TPSA) is 0 Å². The second kappa shape index (κ2) is 3.00. The summed E-state index contributed by atoms with van der Waals surface area (Å²) in [5, 5.41) is 0. The Kier molecular flexibility index (Phi) is 1.92. The zero-order valence-electron chi connectivity index (χ0n) is 8.84. The van der Waals surface area contributed by atoms with Crippen LogP contribution >= 0.6 is 0 Å². The van der Waals surface area contributed by atoms with Gasteiger partial charge < -0.3 is 0 Å². The third kappa shape index (κ3) is 1.10. The van der Waals surface area contributed by atoms with Gasteiger partial charge in [0, 0.05) is 0 Å². The molecule has 13 heavy (non-hydrogen) atoms. The highest BCUT2D eigenvalue weighted by Crippen LogP contribution is 2.60. The van der Waals surface area contributed by atoms with Crippen LogP contribution in [0.1, 0.15) is 51.9 Å². The standard InChI is InChI=1S/C13H22/c1-2-9-7-10-8-13(9)12-6-4-3-5-11(10)12/h9-13H,2-8H2,1H3. The Balaban J connectivity index is 1.79. The molecule has 5 unspecified atom stereocenters. The Hall–Kier alpha value is 0. The maximum Gasteiger partial charge on any atom is -0.0352 e. The Morgan fingerprint density at radius 3 is 2.46 bits per heavy atom. The van der Waals surface area contributed by atoms with Crippen LogP contribution in [-0.2, 0) is 0 Å². The van der Waals surface area contributed by atoms with E-state index >= 15 is 0 Å². The summed E-state index contributed by atoms with van der Waals surface area (Å²) in [5.41, 5.74) is 0. The molecular weight excluding hydrogens is 156 g/mol. The minimum Gasteiger partial charge on any atom is -0.0651 e. The summed E-state index contributed by atoms with van der Waals surface area (Å²) in [7, 11) is 0. The third-order valence-corrected chi connectivity index (χ3v) is 5.34. The van der Waals surface area contributed by atoms with E-state index in [-0.39, 0.29) is 0 Å². The summed E-state index contributed by atoms with van der Waals surface area (Å²) in [6, 6.07) is 0. The SMILES string of the molecule is CCC1CC2CC1C1CCCCC21. The molecule has 3 rings (SSSR count). The van der Waals surface area contributed by atoms with Crippen molar-refractivity contribution in [1.29, 1.82) is 0 Å². The molecule has 0 spiro atoms. The predicted molar refractivity (Wildman–Crippen MR) is 55.4 cm³/mol. The number of hydrogen-bond donors (Lipinski definition) is 0. The van der Waals surface area contributed by atoms with Crippen LogP contribution in [0.5, 0.6) is 0 Å². The van der Waals surface area contributed by atoms with Gasteiger partial charge in [-0.05, 0) is 55.3 Å². The van der Waals surface area contributed by atoms with E-state index in [1.54, 1.807) is 38.5 Å². The predicted octanol–water partition coefficient (Wildman–Crippen LogP) is 3.86. The van der Waals surface area contributed by atoms with Crippen molar-refractivity contribution in [2.45, 2.75) is 51.9 Å². The second-order valence-electron chi connectivity index (χ2n) is 5.68. The van der Waals surface area contributed by atoms with E-state index in [4.69, 9.17) is 0 Å². The fraction of sp³-hybridized carbons (Fsp3) is 1.00. The third-order valence-electron chi connectivity index (χ3n) is 5.34. The molecule has 3 fully saturated rings. The first-order chi connectivity index (χ1) is 6.40. The molecule has 2 bridgehead atoms. The van der Waals surface area contributed by atoms with Gasteiger partial charge >= 0.3 is 0 Å². The highest BCUT2D eigenvalue weighted by Gasteiger charge is 2.51. The molecule has 0 saturated heterocycles. The first-order valence-electron chi connectivity index (χ1n) is 6.40. The highest BCUT2D eigenvalue weighted by molar-refractivity contribution is 5.01. The molecule has 74 valence electrons. The van der Waals surface area contributed by atoms with Crippen LogP contribution in [0.3, 0.4) is 0 Å². The maximum absolute atomic E-state index is 2.41. The molecule has 0 aliphatic heterocycles. The van der Waals surface area contributed by atoms with Gasteiger partial charge in [-0.15, -0.1) is 0 Å². The zero-order valence-corrected chi connectivity index (χ0v) is 8.84. The monoisotopic (exact) mass is 178 g/mol. The fourth-order valence-corrected chi connectivity index (χ4v) is 4.85. The van der Waals surface area contributed by atoms with Crippen LogP contribution in [0.4, 0.5) is 0 Å². The molecule has 3 aliphatic rings. The Labute approximate surface area is 82.1 Å². The average molecular weight is 178 g/mol. The van der Waals surface area contributed by atoms with Crippen molar-refractivity contribution in [3.05, 3.63) is 0 Å². The summed E-state index contributed by atoms with van der Waals surface area (Å²) in [6.07, 6.45) is 10.9. The molecule has 0 aromatic carbocycles. The molecule has 0 amide bonds. The van der Waals surface area contributed by atoms with Crippen LogP contribution in [0.15, 0.2) is 0 Å². The molecule has 0 aromatic rings. The zero-order chi connectivity index (χ0) is 8.84. The van der Waals surface area contributed by atoms with Crippen LogP contribution < -0.4 is 0 Å².